The third-order valence-electron chi connectivity index (χ3n) is 6.21. The van der Waals surface area contributed by atoms with Gasteiger partial charge in [-0.25, -0.2) is 4.79 Å². The van der Waals surface area contributed by atoms with E-state index in [9.17, 15) is 9.59 Å². The largest absolute Gasteiger partial charge is 0.332 e. The van der Waals surface area contributed by atoms with E-state index in [4.69, 9.17) is 4.98 Å². The molecule has 0 N–H and O–H groups in total. The third kappa shape index (κ3) is 3.25. The van der Waals surface area contributed by atoms with Crippen molar-refractivity contribution in [3.05, 3.63) is 86.1 Å². The Morgan fingerprint density at radius 2 is 1.75 bits per heavy atom. The number of hydrogen-bond acceptors (Lipinski definition) is 4. The number of aryl methyl sites for hydroxylation is 3. The summed E-state index contributed by atoms with van der Waals surface area (Å²) in [5, 5.41) is 0. The summed E-state index contributed by atoms with van der Waals surface area (Å²) in [6, 6.07) is 16.2. The molecule has 0 bridgehead atoms. The summed E-state index contributed by atoms with van der Waals surface area (Å²) < 4.78 is 4.80. The minimum atomic E-state index is -0.352. The van der Waals surface area contributed by atoms with Crippen molar-refractivity contribution in [1.82, 2.24) is 18.7 Å². The second kappa shape index (κ2) is 7.51. The minimum Gasteiger partial charge on any atom is -0.312 e. The fraction of sp³-hybridized carbons (Fsp3) is 0.320. The quantitative estimate of drug-likeness (QED) is 0.501. The molecule has 1 unspecified atom stereocenters. The molecule has 5 rings (SSSR count). The highest BCUT2D eigenvalue weighted by Gasteiger charge is 2.29. The Labute approximate surface area is 186 Å². The van der Waals surface area contributed by atoms with Gasteiger partial charge in [-0.15, -0.1) is 0 Å². The molecule has 0 fully saturated rings. The van der Waals surface area contributed by atoms with Crippen LogP contribution in [0.1, 0.15) is 23.6 Å². The summed E-state index contributed by atoms with van der Waals surface area (Å²) >= 11 is 0. The van der Waals surface area contributed by atoms with Crippen LogP contribution in [0, 0.1) is 19.8 Å². The Morgan fingerprint density at radius 3 is 2.47 bits per heavy atom. The number of anilines is 2. The molecule has 0 saturated heterocycles. The van der Waals surface area contributed by atoms with Gasteiger partial charge in [0.1, 0.15) is 0 Å². The van der Waals surface area contributed by atoms with E-state index in [1.807, 2.05) is 35.8 Å². The van der Waals surface area contributed by atoms with E-state index in [1.54, 1.807) is 7.05 Å². The van der Waals surface area contributed by atoms with Gasteiger partial charge in [-0.1, -0.05) is 54.4 Å². The van der Waals surface area contributed by atoms with Crippen molar-refractivity contribution in [3.63, 3.8) is 0 Å². The lowest BCUT2D eigenvalue weighted by atomic mass is 10.1. The van der Waals surface area contributed by atoms with Gasteiger partial charge in [-0.05, 0) is 37.5 Å². The second-order valence-electron chi connectivity index (χ2n) is 8.97. The van der Waals surface area contributed by atoms with E-state index in [2.05, 4.69) is 43.0 Å². The SMILES string of the molecule is Cc1ccc(N2CC(C)Cn3c2nc2c3c(=O)n(Cc3cccc(C)c3)c(=O)n2C)cc1. The van der Waals surface area contributed by atoms with Crippen LogP contribution in [0.3, 0.4) is 0 Å². The van der Waals surface area contributed by atoms with Crippen LogP contribution in [0.2, 0.25) is 0 Å². The highest BCUT2D eigenvalue weighted by molar-refractivity contribution is 5.77. The Morgan fingerprint density at radius 1 is 1.00 bits per heavy atom. The van der Waals surface area contributed by atoms with Gasteiger partial charge in [0.05, 0.1) is 6.54 Å². The van der Waals surface area contributed by atoms with Gasteiger partial charge in [0, 0.05) is 25.8 Å². The maximum absolute atomic E-state index is 13.6. The fourth-order valence-electron chi connectivity index (χ4n) is 4.58. The third-order valence-corrected chi connectivity index (χ3v) is 6.21. The van der Waals surface area contributed by atoms with Crippen LogP contribution >= 0.6 is 0 Å². The number of imidazole rings is 1. The average molecular weight is 430 g/mol. The van der Waals surface area contributed by atoms with Crippen molar-refractivity contribution < 1.29 is 0 Å². The molecule has 0 aliphatic carbocycles. The summed E-state index contributed by atoms with van der Waals surface area (Å²) in [6.45, 7) is 7.96. The highest BCUT2D eigenvalue weighted by atomic mass is 16.2. The summed E-state index contributed by atoms with van der Waals surface area (Å²) in [7, 11) is 1.69. The van der Waals surface area contributed by atoms with E-state index < -0.39 is 0 Å². The van der Waals surface area contributed by atoms with Crippen molar-refractivity contribution in [2.75, 3.05) is 11.4 Å². The molecule has 0 amide bonds. The predicted molar refractivity (Wildman–Crippen MR) is 127 cm³/mol. The molecule has 1 aliphatic heterocycles. The molecule has 164 valence electrons. The predicted octanol–water partition coefficient (Wildman–Crippen LogP) is 3.35. The first kappa shape index (κ1) is 20.3. The molecule has 0 saturated carbocycles. The number of hydrogen-bond donors (Lipinski definition) is 0. The summed E-state index contributed by atoms with van der Waals surface area (Å²) in [5.74, 6) is 1.03. The maximum atomic E-state index is 13.6. The molecular weight excluding hydrogens is 402 g/mol. The summed E-state index contributed by atoms with van der Waals surface area (Å²) in [5.41, 5.74) is 4.52. The zero-order valence-corrected chi connectivity index (χ0v) is 18.9. The molecule has 7 heteroatoms. The van der Waals surface area contributed by atoms with Crippen LogP contribution in [0.5, 0.6) is 0 Å². The standard InChI is InChI=1S/C25H27N5O2/c1-16-8-10-20(11-9-16)28-13-18(3)14-29-21-22(26-24(28)29)27(4)25(32)30(23(21)31)15-19-7-5-6-17(2)12-19/h5-12,18H,13-15H2,1-4H3. The normalized spacial score (nSPS) is 15.9. The first-order valence-electron chi connectivity index (χ1n) is 10.9. The van der Waals surface area contributed by atoms with Crippen LogP contribution in [0.25, 0.3) is 11.2 Å². The lowest BCUT2D eigenvalue weighted by molar-refractivity contribution is 0.458. The molecule has 3 heterocycles. The van der Waals surface area contributed by atoms with E-state index in [-0.39, 0.29) is 17.8 Å². The Hall–Kier alpha value is -3.61. The van der Waals surface area contributed by atoms with Crippen LogP contribution < -0.4 is 16.1 Å². The van der Waals surface area contributed by atoms with Crippen molar-refractivity contribution in [2.24, 2.45) is 13.0 Å². The Balaban J connectivity index is 1.72. The lowest BCUT2D eigenvalue weighted by Crippen LogP contribution is -2.40. The van der Waals surface area contributed by atoms with E-state index in [0.29, 0.717) is 29.6 Å². The molecule has 32 heavy (non-hydrogen) atoms. The monoisotopic (exact) mass is 429 g/mol. The molecule has 1 atom stereocenters. The average Bonchev–Trinajstić information content (AvgIpc) is 3.15. The van der Waals surface area contributed by atoms with Gasteiger partial charge in [0.25, 0.3) is 5.56 Å². The van der Waals surface area contributed by atoms with Gasteiger partial charge in [0.15, 0.2) is 11.2 Å². The Bertz CT molecular complexity index is 1440. The molecule has 4 aromatic rings. The molecule has 2 aromatic heterocycles. The number of benzene rings is 2. The number of aromatic nitrogens is 4. The summed E-state index contributed by atoms with van der Waals surface area (Å²) in [6.07, 6.45) is 0. The summed E-state index contributed by atoms with van der Waals surface area (Å²) in [4.78, 5) is 33.6. The van der Waals surface area contributed by atoms with Gasteiger partial charge >= 0.3 is 5.69 Å². The van der Waals surface area contributed by atoms with Gasteiger partial charge < -0.3 is 9.47 Å². The van der Waals surface area contributed by atoms with Crippen LogP contribution in [0.4, 0.5) is 11.6 Å². The number of nitrogens with zero attached hydrogens (tertiary/aromatic N) is 5. The van der Waals surface area contributed by atoms with Gasteiger partial charge in [-0.2, -0.15) is 4.98 Å². The van der Waals surface area contributed by atoms with Crippen molar-refractivity contribution in [3.8, 4) is 0 Å². The second-order valence-corrected chi connectivity index (χ2v) is 8.97. The topological polar surface area (TPSA) is 65.1 Å². The maximum Gasteiger partial charge on any atom is 0.332 e. The lowest BCUT2D eigenvalue weighted by Gasteiger charge is -2.33. The molecule has 0 radical (unpaired) electrons. The minimum absolute atomic E-state index is 0.237. The van der Waals surface area contributed by atoms with Crippen LogP contribution in [0.15, 0.2) is 58.1 Å². The zero-order chi connectivity index (χ0) is 22.6. The van der Waals surface area contributed by atoms with Gasteiger partial charge in [0.2, 0.25) is 5.95 Å². The zero-order valence-electron chi connectivity index (χ0n) is 18.9. The van der Waals surface area contributed by atoms with Crippen molar-refractivity contribution >= 4 is 22.8 Å². The van der Waals surface area contributed by atoms with E-state index >= 15 is 0 Å². The molecule has 7 nitrogen and oxygen atoms in total. The first-order chi connectivity index (χ1) is 15.3. The molecular formula is C25H27N5O2. The smallest absolute Gasteiger partial charge is 0.312 e. The van der Waals surface area contributed by atoms with Crippen molar-refractivity contribution in [2.45, 2.75) is 33.9 Å². The first-order valence-corrected chi connectivity index (χ1v) is 10.9. The van der Waals surface area contributed by atoms with Gasteiger partial charge in [-0.3, -0.25) is 13.9 Å². The fourth-order valence-corrected chi connectivity index (χ4v) is 4.58. The molecule has 0 spiro atoms. The molecule has 2 aromatic carbocycles. The van der Waals surface area contributed by atoms with Crippen molar-refractivity contribution in [1.29, 1.82) is 0 Å². The van der Waals surface area contributed by atoms with Crippen LogP contribution in [-0.2, 0) is 20.1 Å². The van der Waals surface area contributed by atoms with E-state index in [0.717, 1.165) is 23.4 Å². The number of rotatable bonds is 3. The van der Waals surface area contributed by atoms with E-state index in [1.165, 1.54) is 14.7 Å². The van der Waals surface area contributed by atoms with Crippen LogP contribution in [-0.4, -0.2) is 25.2 Å². The highest BCUT2D eigenvalue weighted by Crippen LogP contribution is 2.32. The molecule has 1 aliphatic rings. The number of fused-ring (bicyclic) bond motifs is 3. The Kier molecular flexibility index (Phi) is 4.77.